The van der Waals surface area contributed by atoms with Crippen molar-refractivity contribution in [3.63, 3.8) is 0 Å². The molecule has 0 radical (unpaired) electrons. The molecule has 0 spiro atoms. The van der Waals surface area contributed by atoms with E-state index in [1.807, 2.05) is 12.2 Å². The van der Waals surface area contributed by atoms with E-state index in [-0.39, 0.29) is 11.2 Å². The van der Waals surface area contributed by atoms with Crippen molar-refractivity contribution in [2.75, 3.05) is 0 Å². The number of ketones is 2. The number of carbonyl (C=O) groups is 2. The van der Waals surface area contributed by atoms with Crippen LogP contribution in [-0.4, -0.2) is 11.6 Å². The smallest absolute Gasteiger partial charge is 0.178 e. The number of allylic oxidation sites excluding steroid dienone is 4. The second-order valence-electron chi connectivity index (χ2n) is 9.24. The molecule has 0 saturated heterocycles. The summed E-state index contributed by atoms with van der Waals surface area (Å²) in [6, 6.07) is 0. The Labute approximate surface area is 152 Å². The maximum Gasteiger partial charge on any atom is 0.178 e. The Morgan fingerprint density at radius 1 is 1.16 bits per heavy atom. The molecule has 6 unspecified atom stereocenters. The van der Waals surface area contributed by atoms with Crippen molar-refractivity contribution in [2.45, 2.75) is 72.1 Å². The number of Topliss-reactive ketones (excluding diaryl/α,β-unsaturated/α-hetero) is 1. The van der Waals surface area contributed by atoms with Gasteiger partial charge in [-0.05, 0) is 74.9 Å². The maximum atomic E-state index is 12.7. The van der Waals surface area contributed by atoms with Crippen LogP contribution in [0.1, 0.15) is 72.1 Å². The number of unbranched alkanes of at least 4 members (excludes halogenated alkanes) is 1. The molecule has 0 heterocycles. The molecule has 2 nitrogen and oxygen atoms in total. The van der Waals surface area contributed by atoms with Crippen molar-refractivity contribution in [1.29, 1.82) is 0 Å². The standard InChI is InChI=1S/C23H32O2/c1-4-5-6-15-12-21(25)19-9-10-20-18(22(15)19)8-7-16-13-17(24)11-14(2)23(16,20)3/h11,13,15,18-20,22H,4-10,12H2,1-3H3. The van der Waals surface area contributed by atoms with Crippen molar-refractivity contribution in [3.05, 3.63) is 23.3 Å². The number of carbonyl (C=O) groups excluding carboxylic acids is 2. The van der Waals surface area contributed by atoms with Gasteiger partial charge in [-0.2, -0.15) is 0 Å². The van der Waals surface area contributed by atoms with Gasteiger partial charge in [0.25, 0.3) is 0 Å². The van der Waals surface area contributed by atoms with Crippen LogP contribution in [-0.2, 0) is 9.59 Å². The van der Waals surface area contributed by atoms with Gasteiger partial charge < -0.3 is 0 Å². The fourth-order valence-electron chi connectivity index (χ4n) is 6.97. The predicted molar refractivity (Wildman–Crippen MR) is 100 cm³/mol. The highest BCUT2D eigenvalue weighted by Crippen LogP contribution is 2.63. The van der Waals surface area contributed by atoms with Gasteiger partial charge in [0.2, 0.25) is 0 Å². The van der Waals surface area contributed by atoms with E-state index < -0.39 is 0 Å². The van der Waals surface area contributed by atoms with E-state index in [2.05, 4.69) is 20.8 Å². The first kappa shape index (κ1) is 17.2. The minimum atomic E-state index is 0.0583. The third-order valence-electron chi connectivity index (χ3n) is 8.26. The van der Waals surface area contributed by atoms with Gasteiger partial charge in [0.1, 0.15) is 5.78 Å². The maximum absolute atomic E-state index is 12.7. The lowest BCUT2D eigenvalue weighted by Crippen LogP contribution is -2.48. The normalized spacial score (nSPS) is 43.1. The minimum absolute atomic E-state index is 0.0583. The molecule has 6 atom stereocenters. The summed E-state index contributed by atoms with van der Waals surface area (Å²) < 4.78 is 0. The van der Waals surface area contributed by atoms with Crippen molar-refractivity contribution >= 4 is 11.6 Å². The summed E-state index contributed by atoms with van der Waals surface area (Å²) in [5.41, 5.74) is 2.69. The van der Waals surface area contributed by atoms with Gasteiger partial charge in [-0.25, -0.2) is 0 Å². The van der Waals surface area contributed by atoms with Gasteiger partial charge in [0.05, 0.1) is 0 Å². The second kappa shape index (κ2) is 6.21. The summed E-state index contributed by atoms with van der Waals surface area (Å²) in [7, 11) is 0. The molecule has 0 aromatic carbocycles. The Bertz CT molecular complexity index is 655. The van der Waals surface area contributed by atoms with E-state index in [0.717, 1.165) is 25.7 Å². The lowest BCUT2D eigenvalue weighted by molar-refractivity contribution is -0.123. The molecule has 2 heteroatoms. The number of rotatable bonds is 3. The quantitative estimate of drug-likeness (QED) is 0.700. The summed E-state index contributed by atoms with van der Waals surface area (Å²) in [5.74, 6) is 3.59. The van der Waals surface area contributed by atoms with Crippen LogP contribution in [0.3, 0.4) is 0 Å². The summed E-state index contributed by atoms with van der Waals surface area (Å²) in [6.07, 6.45) is 12.8. The van der Waals surface area contributed by atoms with Gasteiger partial charge in [-0.15, -0.1) is 0 Å². The van der Waals surface area contributed by atoms with Gasteiger partial charge in [0.15, 0.2) is 5.78 Å². The topological polar surface area (TPSA) is 34.1 Å². The molecular formula is C23H32O2. The fraction of sp³-hybridized carbons (Fsp3) is 0.739. The monoisotopic (exact) mass is 340 g/mol. The zero-order valence-corrected chi connectivity index (χ0v) is 16.0. The zero-order chi connectivity index (χ0) is 17.8. The Balaban J connectivity index is 1.67. The lowest BCUT2D eigenvalue weighted by atomic mass is 9.48. The predicted octanol–water partition coefficient (Wildman–Crippen LogP) is 5.28. The second-order valence-corrected chi connectivity index (χ2v) is 9.24. The molecule has 0 aliphatic heterocycles. The highest BCUT2D eigenvalue weighted by Gasteiger charge is 2.57. The molecule has 4 rings (SSSR count). The first-order chi connectivity index (χ1) is 12.0. The fourth-order valence-corrected chi connectivity index (χ4v) is 6.97. The van der Waals surface area contributed by atoms with Crippen LogP contribution in [0.2, 0.25) is 0 Å². The number of hydrogen-bond acceptors (Lipinski definition) is 2. The van der Waals surface area contributed by atoms with Crippen LogP contribution in [0.25, 0.3) is 0 Å². The Morgan fingerprint density at radius 3 is 2.72 bits per heavy atom. The van der Waals surface area contributed by atoms with E-state index in [9.17, 15) is 9.59 Å². The average Bonchev–Trinajstić information content (AvgIpc) is 2.91. The summed E-state index contributed by atoms with van der Waals surface area (Å²) >= 11 is 0. The van der Waals surface area contributed by atoms with Crippen LogP contribution in [0.15, 0.2) is 23.3 Å². The lowest BCUT2D eigenvalue weighted by Gasteiger charge is -2.55. The van der Waals surface area contributed by atoms with Crippen LogP contribution >= 0.6 is 0 Å². The Hall–Kier alpha value is -1.18. The third-order valence-corrected chi connectivity index (χ3v) is 8.26. The van der Waals surface area contributed by atoms with Gasteiger partial charge in [-0.1, -0.05) is 37.8 Å². The van der Waals surface area contributed by atoms with Gasteiger partial charge >= 0.3 is 0 Å². The van der Waals surface area contributed by atoms with E-state index in [0.29, 0.717) is 35.4 Å². The van der Waals surface area contributed by atoms with Crippen LogP contribution in [0, 0.1) is 35.0 Å². The molecule has 0 bridgehead atoms. The van der Waals surface area contributed by atoms with Gasteiger partial charge in [-0.3, -0.25) is 9.59 Å². The van der Waals surface area contributed by atoms with Crippen LogP contribution < -0.4 is 0 Å². The summed E-state index contributed by atoms with van der Waals surface area (Å²) in [4.78, 5) is 24.7. The molecule has 0 aromatic rings. The van der Waals surface area contributed by atoms with E-state index in [1.54, 1.807) is 0 Å². The third kappa shape index (κ3) is 2.51. The minimum Gasteiger partial charge on any atom is -0.299 e. The SMILES string of the molecule is CCCCC1CC(=O)C2CCC3C(CCC4=CC(=O)C=C(C)C43C)C12. The van der Waals surface area contributed by atoms with E-state index in [1.165, 1.54) is 36.8 Å². The molecule has 3 fully saturated rings. The molecule has 4 aliphatic carbocycles. The molecule has 0 aromatic heterocycles. The number of fused-ring (bicyclic) bond motifs is 5. The van der Waals surface area contributed by atoms with Crippen molar-refractivity contribution in [1.82, 2.24) is 0 Å². The first-order valence-electron chi connectivity index (χ1n) is 10.4. The molecule has 0 N–H and O–H groups in total. The molecule has 3 saturated carbocycles. The van der Waals surface area contributed by atoms with Crippen molar-refractivity contribution < 1.29 is 9.59 Å². The van der Waals surface area contributed by atoms with E-state index >= 15 is 0 Å². The van der Waals surface area contributed by atoms with E-state index in [4.69, 9.17) is 0 Å². The molecular weight excluding hydrogens is 308 g/mol. The molecule has 136 valence electrons. The van der Waals surface area contributed by atoms with Crippen LogP contribution in [0.5, 0.6) is 0 Å². The van der Waals surface area contributed by atoms with Gasteiger partial charge in [0, 0.05) is 17.8 Å². The Kier molecular flexibility index (Phi) is 4.29. The average molecular weight is 341 g/mol. The summed E-state index contributed by atoms with van der Waals surface area (Å²) in [6.45, 7) is 6.80. The Morgan fingerprint density at radius 2 is 1.96 bits per heavy atom. The first-order valence-corrected chi connectivity index (χ1v) is 10.4. The van der Waals surface area contributed by atoms with Crippen molar-refractivity contribution in [2.24, 2.45) is 35.0 Å². The summed E-state index contributed by atoms with van der Waals surface area (Å²) in [5, 5.41) is 0. The highest BCUT2D eigenvalue weighted by atomic mass is 16.1. The highest BCUT2D eigenvalue weighted by molar-refractivity contribution is 6.02. The molecule has 25 heavy (non-hydrogen) atoms. The van der Waals surface area contributed by atoms with Crippen LogP contribution in [0.4, 0.5) is 0 Å². The molecule has 0 amide bonds. The number of hydrogen-bond donors (Lipinski definition) is 0. The zero-order valence-electron chi connectivity index (χ0n) is 16.0. The van der Waals surface area contributed by atoms with Crippen molar-refractivity contribution in [3.8, 4) is 0 Å². The molecule has 4 aliphatic rings. The largest absolute Gasteiger partial charge is 0.299 e.